The summed E-state index contributed by atoms with van der Waals surface area (Å²) in [7, 11) is -3.31. The van der Waals surface area contributed by atoms with Gasteiger partial charge in [-0.15, -0.1) is 0 Å². The lowest BCUT2D eigenvalue weighted by molar-refractivity contribution is -0.120. The number of hydrogen-bond acceptors (Lipinski definition) is 5. The number of thioether (sulfide) groups is 1. The highest BCUT2D eigenvalue weighted by molar-refractivity contribution is 7.99. The largest absolute Gasteiger partial charge is 0.478 e. The molecule has 9 heteroatoms. The summed E-state index contributed by atoms with van der Waals surface area (Å²) in [5.74, 6) is 0.333. The van der Waals surface area contributed by atoms with Crippen molar-refractivity contribution in [1.29, 1.82) is 0 Å². The molecular weight excluding hydrogens is 364 g/mol. The van der Waals surface area contributed by atoms with Gasteiger partial charge in [0.2, 0.25) is 15.9 Å². The van der Waals surface area contributed by atoms with Crippen molar-refractivity contribution >= 4 is 33.7 Å². The number of nitrogens with zero attached hydrogens (tertiary/aromatic N) is 1. The SMILES string of the molecule is O=C(CCc1ccc(C(=O)O)cc1)NCCS(=O)(=O)N1CCSCC1. The van der Waals surface area contributed by atoms with Crippen molar-refractivity contribution < 1.29 is 23.1 Å². The molecule has 1 aliphatic heterocycles. The Morgan fingerprint density at radius 3 is 2.40 bits per heavy atom. The average molecular weight is 386 g/mol. The number of carboxylic acid groups (broad SMARTS) is 1. The molecule has 0 radical (unpaired) electrons. The molecule has 0 saturated carbocycles. The predicted octanol–water partition coefficient (Wildman–Crippen LogP) is 0.812. The van der Waals surface area contributed by atoms with E-state index in [2.05, 4.69) is 5.32 Å². The number of hydrogen-bond donors (Lipinski definition) is 2. The number of carbonyl (C=O) groups is 2. The maximum atomic E-state index is 12.2. The fraction of sp³-hybridized carbons (Fsp3) is 0.500. The maximum Gasteiger partial charge on any atom is 0.335 e. The Morgan fingerprint density at radius 2 is 1.80 bits per heavy atom. The summed E-state index contributed by atoms with van der Waals surface area (Å²) < 4.78 is 25.8. The van der Waals surface area contributed by atoms with Gasteiger partial charge in [0.25, 0.3) is 0 Å². The van der Waals surface area contributed by atoms with Crippen molar-refractivity contribution in [1.82, 2.24) is 9.62 Å². The van der Waals surface area contributed by atoms with E-state index in [1.165, 1.54) is 16.4 Å². The molecule has 7 nitrogen and oxygen atoms in total. The highest BCUT2D eigenvalue weighted by atomic mass is 32.2. The summed E-state index contributed by atoms with van der Waals surface area (Å²) in [5, 5.41) is 11.5. The molecular formula is C16H22N2O5S2. The number of sulfonamides is 1. The van der Waals surface area contributed by atoms with Crippen LogP contribution in [0.4, 0.5) is 0 Å². The standard InChI is InChI=1S/C16H22N2O5S2/c19-15(6-3-13-1-4-14(5-2-13)16(20)21)17-7-12-25(22,23)18-8-10-24-11-9-18/h1-2,4-5H,3,6-12H2,(H,17,19)(H,20,21). The molecule has 1 aromatic rings. The number of benzene rings is 1. The third-order valence-corrected chi connectivity index (χ3v) is 6.70. The van der Waals surface area contributed by atoms with Gasteiger partial charge in [0.05, 0.1) is 11.3 Å². The summed E-state index contributed by atoms with van der Waals surface area (Å²) in [5.41, 5.74) is 1.06. The van der Waals surface area contributed by atoms with E-state index in [4.69, 9.17) is 5.11 Å². The average Bonchev–Trinajstić information content (AvgIpc) is 2.61. The number of rotatable bonds is 8. The van der Waals surface area contributed by atoms with Gasteiger partial charge >= 0.3 is 5.97 Å². The van der Waals surface area contributed by atoms with E-state index in [0.29, 0.717) is 19.5 Å². The summed E-state index contributed by atoms with van der Waals surface area (Å²) in [6.07, 6.45) is 0.703. The van der Waals surface area contributed by atoms with E-state index >= 15 is 0 Å². The third-order valence-electron chi connectivity index (χ3n) is 3.89. The highest BCUT2D eigenvalue weighted by Gasteiger charge is 2.23. The van der Waals surface area contributed by atoms with Gasteiger partial charge in [-0.3, -0.25) is 4.79 Å². The van der Waals surface area contributed by atoms with Crippen molar-refractivity contribution in [2.45, 2.75) is 12.8 Å². The quantitative estimate of drug-likeness (QED) is 0.685. The van der Waals surface area contributed by atoms with Crippen molar-refractivity contribution in [2.24, 2.45) is 0 Å². The van der Waals surface area contributed by atoms with Gasteiger partial charge < -0.3 is 10.4 Å². The lowest BCUT2D eigenvalue weighted by atomic mass is 10.1. The van der Waals surface area contributed by atoms with Crippen molar-refractivity contribution in [3.8, 4) is 0 Å². The van der Waals surface area contributed by atoms with E-state index in [1.807, 2.05) is 0 Å². The molecule has 0 unspecified atom stereocenters. The number of carboxylic acids is 1. The zero-order valence-electron chi connectivity index (χ0n) is 13.8. The maximum absolute atomic E-state index is 12.2. The van der Waals surface area contributed by atoms with Gasteiger partial charge in [0.15, 0.2) is 0 Å². The van der Waals surface area contributed by atoms with Crippen LogP contribution in [0.25, 0.3) is 0 Å². The zero-order chi connectivity index (χ0) is 18.3. The molecule has 2 rings (SSSR count). The monoisotopic (exact) mass is 386 g/mol. The van der Waals surface area contributed by atoms with Crippen LogP contribution in [-0.4, -0.2) is 66.6 Å². The number of amides is 1. The van der Waals surface area contributed by atoms with E-state index in [-0.39, 0.29) is 30.2 Å². The Hall–Kier alpha value is -1.58. The van der Waals surface area contributed by atoms with Crippen LogP contribution in [0.2, 0.25) is 0 Å². The van der Waals surface area contributed by atoms with E-state index in [1.54, 1.807) is 23.9 Å². The van der Waals surface area contributed by atoms with E-state index in [0.717, 1.165) is 17.1 Å². The Bertz CT molecular complexity index is 698. The Morgan fingerprint density at radius 1 is 1.16 bits per heavy atom. The molecule has 1 aromatic carbocycles. The topological polar surface area (TPSA) is 104 Å². The van der Waals surface area contributed by atoms with Gasteiger partial charge in [-0.05, 0) is 24.1 Å². The first-order valence-electron chi connectivity index (χ1n) is 8.03. The number of nitrogens with one attached hydrogen (secondary N) is 1. The molecule has 0 aliphatic carbocycles. The van der Waals surface area contributed by atoms with E-state index in [9.17, 15) is 18.0 Å². The minimum atomic E-state index is -3.31. The molecule has 0 aromatic heterocycles. The van der Waals surface area contributed by atoms with E-state index < -0.39 is 16.0 Å². The molecule has 0 bridgehead atoms. The van der Waals surface area contributed by atoms with Crippen LogP contribution >= 0.6 is 11.8 Å². The van der Waals surface area contributed by atoms with Crippen LogP contribution in [0.5, 0.6) is 0 Å². The first-order chi connectivity index (χ1) is 11.9. The molecule has 0 atom stereocenters. The summed E-state index contributed by atoms with van der Waals surface area (Å²) in [4.78, 5) is 22.6. The molecule has 25 heavy (non-hydrogen) atoms. The Kier molecular flexibility index (Phi) is 7.27. The molecule has 1 fully saturated rings. The van der Waals surface area contributed by atoms with Crippen LogP contribution in [0.3, 0.4) is 0 Å². The van der Waals surface area contributed by atoms with Crippen molar-refractivity contribution in [3.63, 3.8) is 0 Å². The fourth-order valence-corrected chi connectivity index (χ4v) is 4.92. The lowest BCUT2D eigenvalue weighted by Gasteiger charge is -2.25. The number of carbonyl (C=O) groups excluding carboxylic acids is 1. The molecule has 1 aliphatic rings. The minimum absolute atomic E-state index is 0.0866. The summed E-state index contributed by atoms with van der Waals surface area (Å²) >= 11 is 1.74. The number of aromatic carboxylic acids is 1. The van der Waals surface area contributed by atoms with Crippen LogP contribution in [0, 0.1) is 0 Å². The molecule has 0 spiro atoms. The van der Waals surface area contributed by atoms with Crippen molar-refractivity contribution in [2.75, 3.05) is 36.9 Å². The Labute approximate surface area is 151 Å². The van der Waals surface area contributed by atoms with Gasteiger partial charge in [0, 0.05) is 37.6 Å². The third kappa shape index (κ3) is 6.33. The second-order valence-electron chi connectivity index (χ2n) is 5.68. The zero-order valence-corrected chi connectivity index (χ0v) is 15.4. The molecule has 2 N–H and O–H groups in total. The number of aryl methyl sites for hydroxylation is 1. The van der Waals surface area contributed by atoms with Gasteiger partial charge in [-0.2, -0.15) is 11.8 Å². The van der Waals surface area contributed by atoms with Gasteiger partial charge in [-0.1, -0.05) is 12.1 Å². The predicted molar refractivity (Wildman–Crippen MR) is 97.4 cm³/mol. The minimum Gasteiger partial charge on any atom is -0.478 e. The van der Waals surface area contributed by atoms with Crippen LogP contribution in [-0.2, 0) is 21.2 Å². The van der Waals surface area contributed by atoms with Crippen LogP contribution < -0.4 is 5.32 Å². The lowest BCUT2D eigenvalue weighted by Crippen LogP contribution is -2.41. The summed E-state index contributed by atoms with van der Waals surface area (Å²) in [6.45, 7) is 1.17. The second-order valence-corrected chi connectivity index (χ2v) is 8.99. The molecule has 1 saturated heterocycles. The first-order valence-corrected chi connectivity index (χ1v) is 10.8. The molecule has 1 heterocycles. The van der Waals surface area contributed by atoms with Gasteiger partial charge in [0.1, 0.15) is 0 Å². The first kappa shape index (κ1) is 19.7. The molecule has 138 valence electrons. The normalized spacial score (nSPS) is 15.7. The van der Waals surface area contributed by atoms with Crippen LogP contribution in [0.15, 0.2) is 24.3 Å². The fourth-order valence-electron chi connectivity index (χ4n) is 2.43. The van der Waals surface area contributed by atoms with Gasteiger partial charge in [-0.25, -0.2) is 17.5 Å². The molecule has 1 amide bonds. The summed E-state index contributed by atoms with van der Waals surface area (Å²) in [6, 6.07) is 6.35. The Balaban J connectivity index is 1.70. The smallest absolute Gasteiger partial charge is 0.335 e. The highest BCUT2D eigenvalue weighted by Crippen LogP contribution is 2.13. The van der Waals surface area contributed by atoms with Crippen molar-refractivity contribution in [3.05, 3.63) is 35.4 Å². The van der Waals surface area contributed by atoms with Crippen LogP contribution in [0.1, 0.15) is 22.3 Å². The second kappa shape index (κ2) is 9.21.